The zero-order chi connectivity index (χ0) is 22.0. The van der Waals surface area contributed by atoms with E-state index in [1.165, 1.54) is 6.33 Å². The quantitative estimate of drug-likeness (QED) is 0.630. The molecule has 0 saturated heterocycles. The second-order valence-corrected chi connectivity index (χ2v) is 9.39. The Morgan fingerprint density at radius 3 is 2.35 bits per heavy atom. The van der Waals surface area contributed by atoms with Gasteiger partial charge in [-0.2, -0.15) is 0 Å². The van der Waals surface area contributed by atoms with Gasteiger partial charge in [0.2, 0.25) is 0 Å². The molecular weight excluding hydrogens is 396 g/mol. The normalized spacial score (nSPS) is 35.8. The number of fused-ring (bicyclic) bond motifs is 3. The van der Waals surface area contributed by atoms with Crippen LogP contribution in [-0.2, 0) is 21.4 Å². The van der Waals surface area contributed by atoms with Crippen molar-refractivity contribution in [3.63, 3.8) is 0 Å². The average Bonchev–Trinajstić information content (AvgIpc) is 3.12. The van der Waals surface area contributed by atoms with Crippen molar-refractivity contribution in [1.82, 2.24) is 9.97 Å². The molecule has 31 heavy (non-hydrogen) atoms. The maximum atomic E-state index is 11.2. The minimum Gasteiger partial charge on any atom is -0.405 e. The highest BCUT2D eigenvalue weighted by atomic mass is 16.8. The monoisotopic (exact) mass is 424 g/mol. The molecule has 5 rings (SSSR count). The van der Waals surface area contributed by atoms with Gasteiger partial charge in [-0.05, 0) is 53.9 Å². The van der Waals surface area contributed by atoms with Gasteiger partial charge in [0.05, 0.1) is 6.10 Å². The van der Waals surface area contributed by atoms with E-state index in [0.717, 1.165) is 22.3 Å². The number of benzene rings is 1. The number of nitrogens with zero attached hydrogens (tertiary/aromatic N) is 3. The van der Waals surface area contributed by atoms with Gasteiger partial charge in [-0.3, -0.25) is 0 Å². The van der Waals surface area contributed by atoms with Crippen LogP contribution in [0.15, 0.2) is 41.9 Å². The number of aromatic nitrogens is 2. The highest BCUT2D eigenvalue weighted by molar-refractivity contribution is 5.76. The Hall–Kier alpha value is -2.55. The molecule has 3 aliphatic rings. The fourth-order valence-corrected chi connectivity index (χ4v) is 6.67. The van der Waals surface area contributed by atoms with Crippen LogP contribution in [0.4, 0.5) is 0 Å². The summed E-state index contributed by atoms with van der Waals surface area (Å²) in [5, 5.41) is 22.4. The zero-order valence-corrected chi connectivity index (χ0v) is 17.9. The van der Waals surface area contributed by atoms with E-state index in [1.807, 2.05) is 18.2 Å². The van der Waals surface area contributed by atoms with Crippen LogP contribution in [0.2, 0.25) is 0 Å². The first-order valence-electron chi connectivity index (χ1n) is 10.6. The van der Waals surface area contributed by atoms with Gasteiger partial charge in [0.1, 0.15) is 6.33 Å². The smallest absolute Gasteiger partial charge is 0.356 e. The lowest BCUT2D eigenvalue weighted by Gasteiger charge is -2.52. The summed E-state index contributed by atoms with van der Waals surface area (Å²) in [6.07, 6.45) is 7.10. The number of hydrogen-bond donors (Lipinski definition) is 3. The maximum absolute atomic E-state index is 11.2. The van der Waals surface area contributed by atoms with Crippen molar-refractivity contribution in [2.24, 2.45) is 28.0 Å². The minimum atomic E-state index is -2.55. The molecule has 1 aromatic carbocycles. The van der Waals surface area contributed by atoms with Gasteiger partial charge in [-0.25, -0.2) is 15.0 Å². The molecule has 2 spiro atoms. The molecule has 0 radical (unpaired) electrons. The van der Waals surface area contributed by atoms with Crippen molar-refractivity contribution in [1.29, 1.82) is 0 Å². The highest BCUT2D eigenvalue weighted by Gasteiger charge is 2.73. The molecule has 2 heterocycles. The lowest BCUT2D eigenvalue weighted by Crippen LogP contribution is -2.60. The number of nitrogens with two attached hydrogens (primary N) is 1. The number of methoxy groups -OCH3 is 1. The van der Waals surface area contributed by atoms with E-state index in [4.69, 9.17) is 15.2 Å². The van der Waals surface area contributed by atoms with Crippen molar-refractivity contribution in [2.45, 2.75) is 50.7 Å². The van der Waals surface area contributed by atoms with Crippen molar-refractivity contribution in [2.75, 3.05) is 7.11 Å². The SMILES string of the molecule is COC1[C@H](C)CC2(Cc3ccc(-c4cncnc4)cc3C23N=C(N)OC3(O)O)C[C@@H]1C. The Bertz CT molecular complexity index is 1030. The predicted molar refractivity (Wildman–Crippen MR) is 114 cm³/mol. The van der Waals surface area contributed by atoms with Gasteiger partial charge < -0.3 is 25.4 Å². The number of rotatable bonds is 2. The first-order valence-corrected chi connectivity index (χ1v) is 10.6. The number of aliphatic hydroxyl groups is 2. The third-order valence-electron chi connectivity index (χ3n) is 7.51. The fourth-order valence-electron chi connectivity index (χ4n) is 6.67. The molecule has 164 valence electrons. The van der Waals surface area contributed by atoms with E-state index in [-0.39, 0.29) is 24.0 Å². The molecule has 3 unspecified atom stereocenters. The Balaban J connectivity index is 1.71. The summed E-state index contributed by atoms with van der Waals surface area (Å²) in [6.45, 7) is 4.29. The van der Waals surface area contributed by atoms with Gasteiger partial charge in [-0.1, -0.05) is 26.0 Å². The van der Waals surface area contributed by atoms with Gasteiger partial charge >= 0.3 is 5.97 Å². The molecule has 0 amide bonds. The van der Waals surface area contributed by atoms with E-state index in [9.17, 15) is 10.2 Å². The van der Waals surface area contributed by atoms with Gasteiger partial charge in [0, 0.05) is 30.5 Å². The molecule has 1 fully saturated rings. The van der Waals surface area contributed by atoms with Gasteiger partial charge in [-0.15, -0.1) is 0 Å². The Morgan fingerprint density at radius 2 is 1.77 bits per heavy atom. The predicted octanol–water partition coefficient (Wildman–Crippen LogP) is 1.95. The van der Waals surface area contributed by atoms with E-state index in [0.29, 0.717) is 19.3 Å². The number of aliphatic imine (C=N–C) groups is 1. The topological polar surface area (TPSA) is 123 Å². The first-order chi connectivity index (χ1) is 14.7. The molecule has 1 aromatic heterocycles. The van der Waals surface area contributed by atoms with Crippen LogP contribution in [0.1, 0.15) is 37.8 Å². The summed E-state index contributed by atoms with van der Waals surface area (Å²) >= 11 is 0. The highest BCUT2D eigenvalue weighted by Crippen LogP contribution is 2.66. The molecule has 4 N–H and O–H groups in total. The summed E-state index contributed by atoms with van der Waals surface area (Å²) in [5.74, 6) is -2.14. The lowest BCUT2D eigenvalue weighted by atomic mass is 9.56. The van der Waals surface area contributed by atoms with Crippen LogP contribution in [-0.4, -0.2) is 45.4 Å². The number of amidine groups is 1. The Morgan fingerprint density at radius 1 is 1.10 bits per heavy atom. The van der Waals surface area contributed by atoms with E-state index >= 15 is 0 Å². The van der Waals surface area contributed by atoms with Crippen molar-refractivity contribution in [3.05, 3.63) is 48.0 Å². The van der Waals surface area contributed by atoms with Gasteiger partial charge in [0.15, 0.2) is 5.54 Å². The maximum Gasteiger partial charge on any atom is 0.356 e. The van der Waals surface area contributed by atoms with E-state index < -0.39 is 16.9 Å². The summed E-state index contributed by atoms with van der Waals surface area (Å²) < 4.78 is 11.1. The second kappa shape index (κ2) is 6.72. The Kier molecular flexibility index (Phi) is 4.41. The largest absolute Gasteiger partial charge is 0.405 e. The summed E-state index contributed by atoms with van der Waals surface area (Å²) in [5.41, 5.74) is 7.41. The standard InChI is InChI=1S/C23H28N4O4/c1-13-7-21(8-14(2)19(13)30-3)9-16-5-4-15(17-10-25-12-26-11-17)6-18(16)22(21)23(28,29)31-20(24)27-22/h4-6,10-14,19,28-29H,7-9H2,1-3H3,(H2,24,27)/t13-,14+,19?,21?,22?. The van der Waals surface area contributed by atoms with Crippen LogP contribution in [0.3, 0.4) is 0 Å². The first kappa shape index (κ1) is 20.4. The lowest BCUT2D eigenvalue weighted by molar-refractivity contribution is -0.349. The van der Waals surface area contributed by atoms with Crippen LogP contribution in [0.5, 0.6) is 0 Å². The van der Waals surface area contributed by atoms with Gasteiger partial charge in [0.25, 0.3) is 6.02 Å². The molecule has 1 saturated carbocycles. The Labute approximate surface area is 181 Å². The summed E-state index contributed by atoms with van der Waals surface area (Å²) in [4.78, 5) is 12.9. The molecular formula is C23H28N4O4. The molecule has 8 heteroatoms. The molecule has 2 aromatic rings. The molecule has 2 aliphatic carbocycles. The summed E-state index contributed by atoms with van der Waals surface area (Å²) in [7, 11) is 1.74. The minimum absolute atomic E-state index is 0.0962. The van der Waals surface area contributed by atoms with Crippen molar-refractivity contribution in [3.8, 4) is 11.1 Å². The van der Waals surface area contributed by atoms with Crippen LogP contribution in [0.25, 0.3) is 11.1 Å². The third kappa shape index (κ3) is 2.68. The third-order valence-corrected chi connectivity index (χ3v) is 7.51. The van der Waals surface area contributed by atoms with Crippen LogP contribution >= 0.6 is 0 Å². The summed E-state index contributed by atoms with van der Waals surface area (Å²) in [6, 6.07) is 5.79. The molecule has 8 nitrogen and oxygen atoms in total. The number of hydrogen-bond acceptors (Lipinski definition) is 8. The van der Waals surface area contributed by atoms with E-state index in [1.54, 1.807) is 19.5 Å². The van der Waals surface area contributed by atoms with Crippen molar-refractivity contribution < 1.29 is 19.7 Å². The zero-order valence-electron chi connectivity index (χ0n) is 17.9. The molecule has 5 atom stereocenters. The van der Waals surface area contributed by atoms with E-state index in [2.05, 4.69) is 28.8 Å². The average molecular weight is 425 g/mol. The molecule has 1 aliphatic heterocycles. The number of ether oxygens (including phenoxy) is 2. The van der Waals surface area contributed by atoms with Crippen LogP contribution in [0, 0.1) is 17.3 Å². The second-order valence-electron chi connectivity index (χ2n) is 9.39. The van der Waals surface area contributed by atoms with Crippen LogP contribution < -0.4 is 5.73 Å². The molecule has 0 bridgehead atoms. The van der Waals surface area contributed by atoms with Crippen molar-refractivity contribution >= 4 is 6.02 Å². The fraction of sp³-hybridized carbons (Fsp3) is 0.522.